The molecule has 5 aromatic rings. The van der Waals surface area contributed by atoms with Crippen LogP contribution in [-0.4, -0.2) is 20.5 Å². The largest absolute Gasteiger partial charge is 0.416 e. The molecule has 0 spiro atoms. The Bertz CT molecular complexity index is 1560. The molecule has 2 aromatic heterocycles. The molecule has 0 saturated heterocycles. The second-order valence-electron chi connectivity index (χ2n) is 8.37. The Morgan fingerprint density at radius 3 is 2.30 bits per heavy atom. The highest BCUT2D eigenvalue weighted by molar-refractivity contribution is 5.92. The second-order valence-corrected chi connectivity index (χ2v) is 8.37. The summed E-state index contributed by atoms with van der Waals surface area (Å²) in [6, 6.07) is 22.9. The molecule has 186 valence electrons. The van der Waals surface area contributed by atoms with Gasteiger partial charge in [0.25, 0.3) is 0 Å². The van der Waals surface area contributed by atoms with Crippen LogP contribution in [0.2, 0.25) is 0 Å². The van der Waals surface area contributed by atoms with E-state index in [1.165, 1.54) is 12.1 Å². The zero-order valence-electron chi connectivity index (χ0n) is 19.3. The average molecular weight is 503 g/mol. The topological polar surface area (TPSA) is 97.3 Å². The van der Waals surface area contributed by atoms with Gasteiger partial charge in [-0.15, -0.1) is 5.10 Å². The maximum absolute atomic E-state index is 12.7. The fourth-order valence-electron chi connectivity index (χ4n) is 3.79. The smallest absolute Gasteiger partial charge is 0.397 e. The first-order chi connectivity index (χ1) is 17.7. The van der Waals surface area contributed by atoms with Gasteiger partial charge in [0.15, 0.2) is 5.65 Å². The van der Waals surface area contributed by atoms with Gasteiger partial charge in [0.05, 0.1) is 23.4 Å². The van der Waals surface area contributed by atoms with Crippen LogP contribution in [0.5, 0.6) is 0 Å². The highest BCUT2D eigenvalue weighted by Crippen LogP contribution is 2.29. The monoisotopic (exact) mass is 502 g/mol. The van der Waals surface area contributed by atoms with Crippen LogP contribution in [0, 0.1) is 0 Å². The fraction of sp³-hybridized carbons (Fsp3) is 0.0741. The molecule has 0 bridgehead atoms. The number of carbonyl (C=O) groups is 1. The van der Waals surface area contributed by atoms with Gasteiger partial charge in [0, 0.05) is 17.4 Å². The summed E-state index contributed by atoms with van der Waals surface area (Å²) in [6.07, 6.45) is -2.59. The summed E-state index contributed by atoms with van der Waals surface area (Å²) in [5, 5.41) is 10.4. The number of nitrogen functional groups attached to an aromatic ring is 1. The van der Waals surface area contributed by atoms with Crippen molar-refractivity contribution in [2.45, 2.75) is 12.6 Å². The SMILES string of the molecule is Nc1ccccc1Nc1nc2ccc(-c3ccc(NC(=O)Cc4ccc(C(F)(F)F)cc4)cc3)cn2n1. The lowest BCUT2D eigenvalue weighted by Crippen LogP contribution is -2.14. The van der Waals surface area contributed by atoms with Crippen molar-refractivity contribution in [1.82, 2.24) is 14.6 Å². The Morgan fingerprint density at radius 1 is 0.892 bits per heavy atom. The lowest BCUT2D eigenvalue weighted by molar-refractivity contribution is -0.137. The number of benzene rings is 3. The number of fused-ring (bicyclic) bond motifs is 1. The van der Waals surface area contributed by atoms with Gasteiger partial charge in [-0.25, -0.2) is 4.52 Å². The van der Waals surface area contributed by atoms with Crippen molar-refractivity contribution < 1.29 is 18.0 Å². The van der Waals surface area contributed by atoms with Gasteiger partial charge in [-0.05, 0) is 59.7 Å². The number of anilines is 4. The Hall–Kier alpha value is -4.86. The van der Waals surface area contributed by atoms with E-state index in [-0.39, 0.29) is 12.3 Å². The number of halogens is 3. The lowest BCUT2D eigenvalue weighted by Gasteiger charge is -2.09. The van der Waals surface area contributed by atoms with E-state index < -0.39 is 11.7 Å². The van der Waals surface area contributed by atoms with E-state index in [0.717, 1.165) is 28.9 Å². The number of aromatic nitrogens is 3. The molecule has 0 aliphatic carbocycles. The molecule has 7 nitrogen and oxygen atoms in total. The molecular formula is C27H21F3N6O. The summed E-state index contributed by atoms with van der Waals surface area (Å²) in [7, 11) is 0. The molecule has 37 heavy (non-hydrogen) atoms. The van der Waals surface area contributed by atoms with Gasteiger partial charge in [-0.2, -0.15) is 18.2 Å². The molecule has 4 N–H and O–H groups in total. The van der Waals surface area contributed by atoms with Crippen LogP contribution in [0.25, 0.3) is 16.8 Å². The third-order valence-electron chi connectivity index (χ3n) is 5.69. The standard InChI is InChI=1S/C27H21F3N6O/c28-27(29,30)20-10-5-17(6-11-20)15-25(37)32-21-12-7-18(8-13-21)19-9-14-24-34-26(35-36(24)16-19)33-23-4-2-1-3-22(23)31/h1-14,16H,15,31H2,(H,32,37)(H,33,35). The van der Waals surface area contributed by atoms with E-state index in [9.17, 15) is 18.0 Å². The highest BCUT2D eigenvalue weighted by Gasteiger charge is 2.30. The molecule has 2 heterocycles. The quantitative estimate of drug-likeness (QED) is 0.250. The first kappa shape index (κ1) is 23.9. The molecule has 5 rings (SSSR count). The Balaban J connectivity index is 1.24. The molecule has 0 radical (unpaired) electrons. The van der Waals surface area contributed by atoms with E-state index in [1.54, 1.807) is 22.7 Å². The van der Waals surface area contributed by atoms with Crippen molar-refractivity contribution in [3.63, 3.8) is 0 Å². The number of hydrogen-bond donors (Lipinski definition) is 3. The fourth-order valence-corrected chi connectivity index (χ4v) is 3.79. The first-order valence-electron chi connectivity index (χ1n) is 11.3. The summed E-state index contributed by atoms with van der Waals surface area (Å²) < 4.78 is 39.8. The minimum atomic E-state index is -4.41. The second kappa shape index (κ2) is 9.65. The molecule has 0 aliphatic heterocycles. The normalized spacial score (nSPS) is 11.4. The molecule has 0 unspecified atom stereocenters. The van der Waals surface area contributed by atoms with Gasteiger partial charge >= 0.3 is 6.18 Å². The number of nitrogens with zero attached hydrogens (tertiary/aromatic N) is 3. The third kappa shape index (κ3) is 5.53. The molecular weight excluding hydrogens is 481 g/mol. The number of hydrogen-bond acceptors (Lipinski definition) is 5. The van der Waals surface area contributed by atoms with Gasteiger partial charge in [-0.3, -0.25) is 4.79 Å². The maximum Gasteiger partial charge on any atom is 0.416 e. The molecule has 0 atom stereocenters. The zero-order chi connectivity index (χ0) is 26.0. The van der Waals surface area contributed by atoms with Crippen molar-refractivity contribution in [2.75, 3.05) is 16.4 Å². The van der Waals surface area contributed by atoms with Crippen LogP contribution in [-0.2, 0) is 17.4 Å². The van der Waals surface area contributed by atoms with Crippen LogP contribution in [0.1, 0.15) is 11.1 Å². The van der Waals surface area contributed by atoms with Gasteiger partial charge in [0.2, 0.25) is 11.9 Å². The number of rotatable bonds is 6. The van der Waals surface area contributed by atoms with Gasteiger partial charge in [-0.1, -0.05) is 36.4 Å². The van der Waals surface area contributed by atoms with Crippen LogP contribution >= 0.6 is 0 Å². The molecule has 10 heteroatoms. The molecule has 0 saturated carbocycles. The number of alkyl halides is 3. The van der Waals surface area contributed by atoms with Crippen LogP contribution in [0.3, 0.4) is 0 Å². The predicted octanol–water partition coefficient (Wildman–Crippen LogP) is 5.92. The van der Waals surface area contributed by atoms with E-state index in [1.807, 2.05) is 48.7 Å². The predicted molar refractivity (Wildman–Crippen MR) is 136 cm³/mol. The number of nitrogens with two attached hydrogens (primary N) is 1. The van der Waals surface area contributed by atoms with E-state index in [2.05, 4.69) is 20.7 Å². The summed E-state index contributed by atoms with van der Waals surface area (Å²) in [6.45, 7) is 0. The molecule has 0 fully saturated rings. The van der Waals surface area contributed by atoms with Crippen LogP contribution in [0.4, 0.5) is 36.2 Å². The van der Waals surface area contributed by atoms with E-state index >= 15 is 0 Å². The highest BCUT2D eigenvalue weighted by atomic mass is 19.4. The number of amides is 1. The lowest BCUT2D eigenvalue weighted by atomic mass is 10.1. The van der Waals surface area contributed by atoms with Crippen LogP contribution in [0.15, 0.2) is 91.1 Å². The van der Waals surface area contributed by atoms with Crippen molar-refractivity contribution in [1.29, 1.82) is 0 Å². The zero-order valence-corrected chi connectivity index (χ0v) is 19.3. The van der Waals surface area contributed by atoms with Gasteiger partial charge in [0.1, 0.15) is 0 Å². The minimum Gasteiger partial charge on any atom is -0.397 e. The molecule has 0 aliphatic rings. The van der Waals surface area contributed by atoms with Crippen LogP contribution < -0.4 is 16.4 Å². The summed E-state index contributed by atoms with van der Waals surface area (Å²) in [5.74, 6) is 0.0942. The Labute approximate surface area is 209 Å². The van der Waals surface area contributed by atoms with Crippen molar-refractivity contribution in [3.05, 3.63) is 102 Å². The maximum atomic E-state index is 12.7. The van der Waals surface area contributed by atoms with Crippen molar-refractivity contribution >= 4 is 34.6 Å². The number of nitrogens with one attached hydrogen (secondary N) is 2. The van der Waals surface area contributed by atoms with Gasteiger partial charge < -0.3 is 16.4 Å². The minimum absolute atomic E-state index is 0.0339. The number of para-hydroxylation sites is 2. The average Bonchev–Trinajstić information content (AvgIpc) is 3.27. The summed E-state index contributed by atoms with van der Waals surface area (Å²) >= 11 is 0. The summed E-state index contributed by atoms with van der Waals surface area (Å²) in [4.78, 5) is 16.8. The third-order valence-corrected chi connectivity index (χ3v) is 5.69. The molecule has 1 amide bonds. The number of pyridine rings is 1. The van der Waals surface area contributed by atoms with Crippen molar-refractivity contribution in [2.24, 2.45) is 0 Å². The van der Waals surface area contributed by atoms with E-state index in [4.69, 9.17) is 5.73 Å². The summed E-state index contributed by atoms with van der Waals surface area (Å²) in [5.41, 5.74) is 10.1. The Kier molecular flexibility index (Phi) is 6.22. The van der Waals surface area contributed by atoms with E-state index in [0.29, 0.717) is 28.5 Å². The molecule has 3 aromatic carbocycles. The number of carbonyl (C=O) groups excluding carboxylic acids is 1. The Morgan fingerprint density at radius 2 is 1.59 bits per heavy atom. The first-order valence-corrected chi connectivity index (χ1v) is 11.3. The van der Waals surface area contributed by atoms with Crippen molar-refractivity contribution in [3.8, 4) is 11.1 Å².